The average Bonchev–Trinajstić information content (AvgIpc) is 2.95. The molecule has 0 saturated heterocycles. The maximum atomic E-state index is 6.57. The summed E-state index contributed by atoms with van der Waals surface area (Å²) in [5.74, 6) is 0.508. The van der Waals surface area contributed by atoms with Gasteiger partial charge in [-0.3, -0.25) is 4.68 Å². The quantitative estimate of drug-likeness (QED) is 0.735. The summed E-state index contributed by atoms with van der Waals surface area (Å²) in [5.41, 5.74) is 10.4. The maximum Gasteiger partial charge on any atom is 0.0724 e. The van der Waals surface area contributed by atoms with E-state index < -0.39 is 0 Å². The van der Waals surface area contributed by atoms with Gasteiger partial charge in [-0.25, -0.2) is 0 Å². The number of rotatable bonds is 1. The SMILES string of the molecule is CC1CC(n2ncc3ccccc32)C(N)c2ccccc21. The van der Waals surface area contributed by atoms with E-state index in [0.29, 0.717) is 5.92 Å². The molecule has 0 amide bonds. The molecule has 3 atom stereocenters. The number of para-hydroxylation sites is 1. The van der Waals surface area contributed by atoms with Crippen LogP contribution >= 0.6 is 0 Å². The molecule has 0 bridgehead atoms. The molecule has 0 radical (unpaired) electrons. The Morgan fingerprint density at radius 3 is 2.62 bits per heavy atom. The minimum Gasteiger partial charge on any atom is -0.322 e. The van der Waals surface area contributed by atoms with Crippen LogP contribution in [0.15, 0.2) is 54.7 Å². The van der Waals surface area contributed by atoms with Crippen molar-refractivity contribution >= 4 is 10.9 Å². The Morgan fingerprint density at radius 2 is 1.76 bits per heavy atom. The van der Waals surface area contributed by atoms with Gasteiger partial charge >= 0.3 is 0 Å². The molecule has 0 fully saturated rings. The first-order valence-electron chi connectivity index (χ1n) is 7.52. The lowest BCUT2D eigenvalue weighted by Crippen LogP contribution is -2.31. The standard InChI is InChI=1S/C18H19N3/c1-12-10-17(18(19)15-8-4-3-7-14(12)15)21-16-9-5-2-6-13(16)11-20-21/h2-9,11-12,17-18H,10,19H2,1H3. The Balaban J connectivity index is 1.84. The van der Waals surface area contributed by atoms with Crippen molar-refractivity contribution in [2.24, 2.45) is 5.73 Å². The van der Waals surface area contributed by atoms with Crippen LogP contribution in [0.3, 0.4) is 0 Å². The van der Waals surface area contributed by atoms with E-state index in [1.165, 1.54) is 22.0 Å². The molecular formula is C18H19N3. The zero-order valence-corrected chi connectivity index (χ0v) is 12.1. The number of fused-ring (bicyclic) bond motifs is 2. The largest absolute Gasteiger partial charge is 0.322 e. The molecule has 4 rings (SSSR count). The van der Waals surface area contributed by atoms with Crippen molar-refractivity contribution in [1.29, 1.82) is 0 Å². The van der Waals surface area contributed by atoms with Gasteiger partial charge in [-0.2, -0.15) is 5.10 Å². The Labute approximate surface area is 124 Å². The molecule has 3 unspecified atom stereocenters. The summed E-state index contributed by atoms with van der Waals surface area (Å²) in [6, 6.07) is 17.1. The Kier molecular flexibility index (Phi) is 2.82. The van der Waals surface area contributed by atoms with Crippen LogP contribution < -0.4 is 5.73 Å². The van der Waals surface area contributed by atoms with E-state index >= 15 is 0 Å². The van der Waals surface area contributed by atoms with E-state index in [2.05, 4.69) is 59.2 Å². The van der Waals surface area contributed by atoms with Gasteiger partial charge in [0.15, 0.2) is 0 Å². The van der Waals surface area contributed by atoms with Crippen molar-refractivity contribution in [1.82, 2.24) is 9.78 Å². The van der Waals surface area contributed by atoms with E-state index in [1.54, 1.807) is 0 Å². The molecule has 106 valence electrons. The third kappa shape index (κ3) is 1.88. The number of nitrogens with two attached hydrogens (primary N) is 1. The number of aromatic nitrogens is 2. The summed E-state index contributed by atoms with van der Waals surface area (Å²) < 4.78 is 2.12. The van der Waals surface area contributed by atoms with E-state index in [-0.39, 0.29) is 12.1 Å². The van der Waals surface area contributed by atoms with Gasteiger partial charge < -0.3 is 5.73 Å². The predicted molar refractivity (Wildman–Crippen MR) is 85.2 cm³/mol. The third-order valence-electron chi connectivity index (χ3n) is 4.71. The average molecular weight is 277 g/mol. The van der Waals surface area contributed by atoms with E-state index in [4.69, 9.17) is 5.73 Å². The van der Waals surface area contributed by atoms with Crippen LogP contribution in [-0.2, 0) is 0 Å². The fourth-order valence-electron chi connectivity index (χ4n) is 3.61. The molecule has 21 heavy (non-hydrogen) atoms. The van der Waals surface area contributed by atoms with Crippen molar-refractivity contribution in [2.45, 2.75) is 31.3 Å². The summed E-state index contributed by atoms with van der Waals surface area (Å²) in [6.45, 7) is 2.28. The molecule has 3 heteroatoms. The van der Waals surface area contributed by atoms with Gasteiger partial charge in [-0.1, -0.05) is 49.4 Å². The highest BCUT2D eigenvalue weighted by Gasteiger charge is 2.32. The zero-order chi connectivity index (χ0) is 14.4. The van der Waals surface area contributed by atoms with Crippen molar-refractivity contribution in [2.75, 3.05) is 0 Å². The summed E-state index contributed by atoms with van der Waals surface area (Å²) >= 11 is 0. The zero-order valence-electron chi connectivity index (χ0n) is 12.1. The molecule has 0 spiro atoms. The molecule has 0 aliphatic heterocycles. The molecule has 3 nitrogen and oxygen atoms in total. The van der Waals surface area contributed by atoms with Crippen LogP contribution in [0.2, 0.25) is 0 Å². The summed E-state index contributed by atoms with van der Waals surface area (Å²) in [5, 5.41) is 5.79. The lowest BCUT2D eigenvalue weighted by molar-refractivity contribution is 0.327. The fourth-order valence-corrected chi connectivity index (χ4v) is 3.61. The minimum absolute atomic E-state index is 0.000654. The van der Waals surface area contributed by atoms with Gasteiger partial charge in [0.2, 0.25) is 0 Å². The minimum atomic E-state index is 0.000654. The first kappa shape index (κ1) is 12.6. The molecule has 1 aromatic heterocycles. The monoisotopic (exact) mass is 277 g/mol. The van der Waals surface area contributed by atoms with Crippen molar-refractivity contribution in [3.05, 3.63) is 65.9 Å². The highest BCUT2D eigenvalue weighted by molar-refractivity contribution is 5.78. The van der Waals surface area contributed by atoms with Crippen molar-refractivity contribution < 1.29 is 0 Å². The Hall–Kier alpha value is -2.13. The van der Waals surface area contributed by atoms with Crippen LogP contribution in [0.1, 0.15) is 42.5 Å². The Bertz CT molecular complexity index is 790. The lowest BCUT2D eigenvalue weighted by Gasteiger charge is -2.35. The van der Waals surface area contributed by atoms with Crippen LogP contribution in [0.25, 0.3) is 10.9 Å². The number of benzene rings is 2. The van der Waals surface area contributed by atoms with Gasteiger partial charge in [0.1, 0.15) is 0 Å². The second-order valence-electron chi connectivity index (χ2n) is 6.01. The van der Waals surface area contributed by atoms with Gasteiger partial charge in [0.05, 0.1) is 23.8 Å². The fraction of sp³-hybridized carbons (Fsp3) is 0.278. The molecule has 1 aliphatic carbocycles. The summed E-state index contributed by atoms with van der Waals surface area (Å²) in [4.78, 5) is 0. The van der Waals surface area contributed by atoms with Crippen molar-refractivity contribution in [3.8, 4) is 0 Å². The predicted octanol–water partition coefficient (Wildman–Crippen LogP) is 3.78. The second kappa shape index (κ2) is 4.71. The van der Waals surface area contributed by atoms with Crippen LogP contribution in [0.4, 0.5) is 0 Å². The third-order valence-corrected chi connectivity index (χ3v) is 4.71. The topological polar surface area (TPSA) is 43.8 Å². The number of hydrogen-bond acceptors (Lipinski definition) is 2. The highest BCUT2D eigenvalue weighted by Crippen LogP contribution is 2.42. The molecule has 1 heterocycles. The van der Waals surface area contributed by atoms with E-state index in [9.17, 15) is 0 Å². The molecular weight excluding hydrogens is 258 g/mol. The molecule has 1 aliphatic rings. The summed E-state index contributed by atoms with van der Waals surface area (Å²) in [7, 11) is 0. The number of hydrogen-bond donors (Lipinski definition) is 1. The van der Waals surface area contributed by atoms with Gasteiger partial charge in [-0.05, 0) is 29.5 Å². The molecule has 0 saturated carbocycles. The van der Waals surface area contributed by atoms with Gasteiger partial charge in [-0.15, -0.1) is 0 Å². The molecule has 2 aromatic carbocycles. The highest BCUT2D eigenvalue weighted by atomic mass is 15.3. The van der Waals surface area contributed by atoms with Crippen LogP contribution in [0, 0.1) is 0 Å². The van der Waals surface area contributed by atoms with Gasteiger partial charge in [0.25, 0.3) is 0 Å². The smallest absolute Gasteiger partial charge is 0.0724 e. The van der Waals surface area contributed by atoms with E-state index in [1.807, 2.05) is 12.3 Å². The second-order valence-corrected chi connectivity index (χ2v) is 6.01. The van der Waals surface area contributed by atoms with Crippen LogP contribution in [-0.4, -0.2) is 9.78 Å². The van der Waals surface area contributed by atoms with Crippen molar-refractivity contribution in [3.63, 3.8) is 0 Å². The molecule has 2 N–H and O–H groups in total. The Morgan fingerprint density at radius 1 is 1.05 bits per heavy atom. The summed E-state index contributed by atoms with van der Waals surface area (Å²) in [6.07, 6.45) is 2.97. The van der Waals surface area contributed by atoms with E-state index in [0.717, 1.165) is 6.42 Å². The van der Waals surface area contributed by atoms with Gasteiger partial charge in [0, 0.05) is 5.39 Å². The normalized spacial score (nSPS) is 25.0. The number of nitrogens with zero attached hydrogens (tertiary/aromatic N) is 2. The molecule has 3 aromatic rings. The first-order valence-corrected chi connectivity index (χ1v) is 7.52. The van der Waals surface area contributed by atoms with Crippen LogP contribution in [0.5, 0.6) is 0 Å². The maximum absolute atomic E-state index is 6.57. The lowest BCUT2D eigenvalue weighted by atomic mass is 9.78. The first-order chi connectivity index (χ1) is 10.3.